The predicted octanol–water partition coefficient (Wildman–Crippen LogP) is 4.53. The number of fused-ring (bicyclic) bond motifs is 1. The molecule has 0 fully saturated rings. The van der Waals surface area contributed by atoms with Gasteiger partial charge in [-0.25, -0.2) is 4.98 Å². The summed E-state index contributed by atoms with van der Waals surface area (Å²) in [4.78, 5) is 7.47. The van der Waals surface area contributed by atoms with Gasteiger partial charge in [0.1, 0.15) is 5.75 Å². The van der Waals surface area contributed by atoms with Crippen molar-refractivity contribution >= 4 is 35.0 Å². The van der Waals surface area contributed by atoms with E-state index in [4.69, 9.17) is 28.6 Å². The Morgan fingerprint density at radius 2 is 2.10 bits per heavy atom. The number of rotatable bonds is 4. The summed E-state index contributed by atoms with van der Waals surface area (Å²) in [6.07, 6.45) is 2.60. The van der Waals surface area contributed by atoms with Crippen molar-refractivity contribution < 1.29 is 4.74 Å². The third kappa shape index (κ3) is 2.80. The average molecular weight is 320 g/mol. The van der Waals surface area contributed by atoms with Crippen molar-refractivity contribution in [1.82, 2.24) is 14.5 Å². The maximum absolute atomic E-state index is 5.95. The Hall–Kier alpha value is -1.85. The van der Waals surface area contributed by atoms with E-state index < -0.39 is 0 Å². The summed E-state index contributed by atoms with van der Waals surface area (Å²) >= 11 is 11.3. The number of nitrogens with one attached hydrogen (secondary N) is 1. The van der Waals surface area contributed by atoms with Gasteiger partial charge < -0.3 is 9.72 Å². The lowest BCUT2D eigenvalue weighted by atomic mass is 10.3. The molecule has 0 bridgehead atoms. The minimum Gasteiger partial charge on any atom is -0.494 e. The maximum Gasteiger partial charge on any atom is 0.183 e. The van der Waals surface area contributed by atoms with Gasteiger partial charge in [-0.15, -0.1) is 0 Å². The Bertz CT molecular complexity index is 823. The molecule has 0 saturated heterocycles. The number of hydrogen-bond donors (Lipinski definition) is 1. The fourth-order valence-electron chi connectivity index (χ4n) is 2.12. The van der Waals surface area contributed by atoms with Crippen molar-refractivity contribution in [3.8, 4) is 11.4 Å². The number of benzene rings is 1. The van der Waals surface area contributed by atoms with Crippen LogP contribution in [-0.4, -0.2) is 21.1 Å². The number of aromatic nitrogens is 3. The number of imidazole rings is 1. The normalized spacial score (nSPS) is 11.0. The van der Waals surface area contributed by atoms with Gasteiger partial charge in [-0.3, -0.25) is 4.57 Å². The van der Waals surface area contributed by atoms with Gasteiger partial charge in [0.05, 0.1) is 22.8 Å². The Morgan fingerprint density at radius 3 is 2.81 bits per heavy atom. The molecule has 2 aromatic heterocycles. The molecule has 0 aliphatic heterocycles. The lowest BCUT2D eigenvalue weighted by Crippen LogP contribution is -1.97. The highest BCUT2D eigenvalue weighted by Gasteiger charge is 2.08. The molecule has 0 unspecified atom stereocenters. The Kier molecular flexibility index (Phi) is 3.94. The van der Waals surface area contributed by atoms with Crippen LogP contribution in [0.3, 0.4) is 0 Å². The first-order chi connectivity index (χ1) is 10.2. The monoisotopic (exact) mass is 319 g/mol. The summed E-state index contributed by atoms with van der Waals surface area (Å²) in [5.41, 5.74) is 2.51. The fraction of sp³-hybridized carbons (Fsp3) is 0.200. The molecule has 0 amide bonds. The maximum atomic E-state index is 5.95. The van der Waals surface area contributed by atoms with Crippen molar-refractivity contribution in [2.45, 2.75) is 13.3 Å². The van der Waals surface area contributed by atoms with E-state index in [0.717, 1.165) is 29.0 Å². The lowest BCUT2D eigenvalue weighted by molar-refractivity contribution is 0.317. The van der Waals surface area contributed by atoms with E-state index in [1.807, 2.05) is 34.9 Å². The molecule has 0 aliphatic carbocycles. The number of halogens is 1. The first-order valence-corrected chi connectivity index (χ1v) is 7.47. The minimum absolute atomic E-state index is 0.578. The standard InChI is InChI=1S/C15H14ClN3OS/c1-2-7-20-12-5-3-11(4-6-12)19-14-13(18-15(19)21)8-10(16)9-17-14/h3-6,8-9H,2,7H2,1H3,(H,18,21). The molecule has 0 aliphatic rings. The van der Waals surface area contributed by atoms with Crippen molar-refractivity contribution in [3.63, 3.8) is 0 Å². The number of pyridine rings is 1. The molecule has 6 heteroatoms. The van der Waals surface area contributed by atoms with Gasteiger partial charge in [-0.05, 0) is 49.0 Å². The van der Waals surface area contributed by atoms with Gasteiger partial charge in [0.15, 0.2) is 10.4 Å². The second kappa shape index (κ2) is 5.87. The van der Waals surface area contributed by atoms with Crippen molar-refractivity contribution in [2.24, 2.45) is 0 Å². The predicted molar refractivity (Wildman–Crippen MR) is 87.1 cm³/mol. The lowest BCUT2D eigenvalue weighted by Gasteiger charge is -2.07. The first-order valence-electron chi connectivity index (χ1n) is 6.68. The fourth-order valence-corrected chi connectivity index (χ4v) is 2.58. The molecular formula is C15H14ClN3OS. The zero-order valence-electron chi connectivity index (χ0n) is 11.5. The first kappa shape index (κ1) is 14.1. The minimum atomic E-state index is 0.578. The number of ether oxygens (including phenoxy) is 1. The zero-order valence-corrected chi connectivity index (χ0v) is 13.0. The molecule has 21 heavy (non-hydrogen) atoms. The SMILES string of the molecule is CCCOc1ccc(-n2c(=S)[nH]c3cc(Cl)cnc32)cc1. The molecule has 4 nitrogen and oxygen atoms in total. The highest BCUT2D eigenvalue weighted by Crippen LogP contribution is 2.22. The van der Waals surface area contributed by atoms with Gasteiger partial charge >= 0.3 is 0 Å². The molecule has 0 atom stereocenters. The van der Waals surface area contributed by atoms with Crippen LogP contribution in [0.2, 0.25) is 5.02 Å². The van der Waals surface area contributed by atoms with Crippen molar-refractivity contribution in [1.29, 1.82) is 0 Å². The van der Waals surface area contributed by atoms with E-state index >= 15 is 0 Å². The van der Waals surface area contributed by atoms with Crippen LogP contribution in [0.15, 0.2) is 36.5 Å². The molecule has 3 aromatic rings. The van der Waals surface area contributed by atoms with Gasteiger partial charge in [-0.2, -0.15) is 0 Å². The van der Waals surface area contributed by atoms with Gasteiger partial charge in [0, 0.05) is 6.20 Å². The molecule has 1 aromatic carbocycles. The highest BCUT2D eigenvalue weighted by atomic mass is 35.5. The van der Waals surface area contributed by atoms with Gasteiger partial charge in [0.25, 0.3) is 0 Å². The van der Waals surface area contributed by atoms with Gasteiger partial charge in [0.2, 0.25) is 0 Å². The molecule has 1 N–H and O–H groups in total. The highest BCUT2D eigenvalue weighted by molar-refractivity contribution is 7.71. The second-order valence-corrected chi connectivity index (χ2v) is 5.46. The Morgan fingerprint density at radius 1 is 1.33 bits per heavy atom. The van der Waals surface area contributed by atoms with Crippen LogP contribution in [-0.2, 0) is 0 Å². The van der Waals surface area contributed by atoms with Gasteiger partial charge in [-0.1, -0.05) is 18.5 Å². The van der Waals surface area contributed by atoms with Crippen LogP contribution in [0.25, 0.3) is 16.9 Å². The molecule has 2 heterocycles. The molecule has 0 saturated carbocycles. The van der Waals surface area contributed by atoms with E-state index in [9.17, 15) is 0 Å². The summed E-state index contributed by atoms with van der Waals surface area (Å²) in [6.45, 7) is 2.79. The topological polar surface area (TPSA) is 42.8 Å². The average Bonchev–Trinajstić information content (AvgIpc) is 2.80. The largest absolute Gasteiger partial charge is 0.494 e. The Labute approximate surface area is 132 Å². The molecule has 0 spiro atoms. The summed E-state index contributed by atoms with van der Waals surface area (Å²) in [6, 6.07) is 9.60. The van der Waals surface area contributed by atoms with E-state index in [2.05, 4.69) is 16.9 Å². The van der Waals surface area contributed by atoms with Crippen LogP contribution in [0.4, 0.5) is 0 Å². The summed E-state index contributed by atoms with van der Waals surface area (Å²) < 4.78 is 8.05. The third-order valence-corrected chi connectivity index (χ3v) is 3.55. The summed E-state index contributed by atoms with van der Waals surface area (Å²) in [5.74, 6) is 0.850. The second-order valence-electron chi connectivity index (χ2n) is 4.63. The molecule has 3 rings (SSSR count). The van der Waals surface area contributed by atoms with Crippen LogP contribution < -0.4 is 4.74 Å². The summed E-state index contributed by atoms with van der Waals surface area (Å²) in [7, 11) is 0. The molecule has 108 valence electrons. The number of nitrogens with zero attached hydrogens (tertiary/aromatic N) is 2. The van der Waals surface area contributed by atoms with Crippen LogP contribution >= 0.6 is 23.8 Å². The van der Waals surface area contributed by atoms with E-state index in [0.29, 0.717) is 16.4 Å². The van der Waals surface area contributed by atoms with Crippen LogP contribution in [0, 0.1) is 4.77 Å². The molecular weight excluding hydrogens is 306 g/mol. The quantitative estimate of drug-likeness (QED) is 0.719. The molecule has 0 radical (unpaired) electrons. The summed E-state index contributed by atoms with van der Waals surface area (Å²) in [5, 5.41) is 0.578. The Balaban J connectivity index is 2.04. The number of H-pyrrole nitrogens is 1. The van der Waals surface area contributed by atoms with Crippen molar-refractivity contribution in [3.05, 3.63) is 46.3 Å². The zero-order chi connectivity index (χ0) is 14.8. The third-order valence-electron chi connectivity index (χ3n) is 3.06. The van der Waals surface area contributed by atoms with E-state index in [1.165, 1.54) is 0 Å². The number of aromatic amines is 1. The smallest absolute Gasteiger partial charge is 0.183 e. The van der Waals surface area contributed by atoms with Crippen LogP contribution in [0.1, 0.15) is 13.3 Å². The van der Waals surface area contributed by atoms with Crippen LogP contribution in [0.5, 0.6) is 5.75 Å². The van der Waals surface area contributed by atoms with E-state index in [-0.39, 0.29) is 0 Å². The van der Waals surface area contributed by atoms with E-state index in [1.54, 1.807) is 6.20 Å². The van der Waals surface area contributed by atoms with Crippen molar-refractivity contribution in [2.75, 3.05) is 6.61 Å². The number of hydrogen-bond acceptors (Lipinski definition) is 3.